The van der Waals surface area contributed by atoms with Crippen molar-refractivity contribution in [1.29, 1.82) is 5.26 Å². The number of amides is 2. The highest BCUT2D eigenvalue weighted by Gasteiger charge is 2.40. The minimum absolute atomic E-state index is 0.0403. The van der Waals surface area contributed by atoms with Crippen LogP contribution in [0.5, 0.6) is 0 Å². The van der Waals surface area contributed by atoms with Crippen LogP contribution in [0.3, 0.4) is 0 Å². The predicted octanol–water partition coefficient (Wildman–Crippen LogP) is 1.65. The van der Waals surface area contributed by atoms with Crippen LogP contribution in [0.2, 0.25) is 0 Å². The molecule has 2 heterocycles. The number of benzene rings is 1. The molecule has 7 heteroatoms. The Morgan fingerprint density at radius 3 is 2.41 bits per heavy atom. The highest BCUT2D eigenvalue weighted by molar-refractivity contribution is 5.83. The van der Waals surface area contributed by atoms with Crippen LogP contribution >= 0.6 is 0 Å². The Morgan fingerprint density at radius 2 is 1.81 bits per heavy atom. The van der Waals surface area contributed by atoms with Crippen LogP contribution in [-0.2, 0) is 9.59 Å². The number of carbonyl (C=O) groups excluding carboxylic acids is 2. The van der Waals surface area contributed by atoms with E-state index in [2.05, 4.69) is 5.32 Å². The third-order valence-corrected chi connectivity index (χ3v) is 5.75. The summed E-state index contributed by atoms with van der Waals surface area (Å²) in [6.45, 7) is 2.46. The molecule has 0 radical (unpaired) electrons. The first-order valence-electron chi connectivity index (χ1n) is 9.59. The van der Waals surface area contributed by atoms with Crippen molar-refractivity contribution >= 4 is 17.5 Å². The number of nitrogens with zero attached hydrogens (tertiary/aromatic N) is 3. The molecule has 1 saturated carbocycles. The summed E-state index contributed by atoms with van der Waals surface area (Å²) in [7, 11) is 0. The predicted molar refractivity (Wildman–Crippen MR) is 97.3 cm³/mol. The molecule has 0 atom stereocenters. The van der Waals surface area contributed by atoms with Gasteiger partial charge in [-0.05, 0) is 43.9 Å². The molecule has 27 heavy (non-hydrogen) atoms. The second-order valence-corrected chi connectivity index (χ2v) is 7.76. The summed E-state index contributed by atoms with van der Waals surface area (Å²) in [4.78, 5) is 28.2. The Kier molecular flexibility index (Phi) is 4.73. The molecule has 0 bridgehead atoms. The van der Waals surface area contributed by atoms with Gasteiger partial charge < -0.3 is 15.1 Å². The molecule has 4 rings (SSSR count). The highest BCUT2D eigenvalue weighted by Crippen LogP contribution is 2.32. The first-order valence-corrected chi connectivity index (χ1v) is 9.59. The second kappa shape index (κ2) is 7.18. The van der Waals surface area contributed by atoms with Crippen LogP contribution in [0.15, 0.2) is 18.2 Å². The van der Waals surface area contributed by atoms with Gasteiger partial charge in [-0.15, -0.1) is 0 Å². The van der Waals surface area contributed by atoms with Gasteiger partial charge in [-0.25, -0.2) is 4.39 Å². The van der Waals surface area contributed by atoms with Crippen LogP contribution < -0.4 is 10.2 Å². The average molecular weight is 370 g/mol. The fourth-order valence-electron chi connectivity index (χ4n) is 3.87. The topological polar surface area (TPSA) is 76.4 Å². The number of hydrogen-bond acceptors (Lipinski definition) is 4. The van der Waals surface area contributed by atoms with Crippen molar-refractivity contribution in [2.45, 2.75) is 31.7 Å². The Morgan fingerprint density at radius 1 is 1.11 bits per heavy atom. The SMILES string of the molecule is N#Cc1ccc(N2CCC(C(=O)NC3CN(C(=O)C4CC4)C3)CC2)c(F)c1. The lowest BCUT2D eigenvalue weighted by atomic mass is 9.94. The number of likely N-dealkylation sites (tertiary alicyclic amines) is 1. The van der Waals surface area contributed by atoms with Crippen molar-refractivity contribution in [3.63, 3.8) is 0 Å². The van der Waals surface area contributed by atoms with E-state index in [-0.39, 0.29) is 29.7 Å². The van der Waals surface area contributed by atoms with Crippen molar-refractivity contribution in [1.82, 2.24) is 10.2 Å². The lowest BCUT2D eigenvalue weighted by molar-refractivity contribution is -0.140. The van der Waals surface area contributed by atoms with Crippen molar-refractivity contribution < 1.29 is 14.0 Å². The summed E-state index contributed by atoms with van der Waals surface area (Å²) in [5.41, 5.74) is 0.793. The zero-order valence-corrected chi connectivity index (χ0v) is 15.2. The van der Waals surface area contributed by atoms with Gasteiger partial charge in [0.15, 0.2) is 0 Å². The number of piperidine rings is 1. The molecular formula is C20H23FN4O2. The van der Waals surface area contributed by atoms with Gasteiger partial charge in [0.2, 0.25) is 11.8 Å². The number of halogens is 1. The average Bonchev–Trinajstić information content (AvgIpc) is 3.49. The summed E-state index contributed by atoms with van der Waals surface area (Å²) in [5, 5.41) is 11.9. The van der Waals surface area contributed by atoms with Crippen LogP contribution in [0.4, 0.5) is 10.1 Å². The molecule has 142 valence electrons. The van der Waals surface area contributed by atoms with Gasteiger partial charge in [0, 0.05) is 38.0 Å². The van der Waals surface area contributed by atoms with Gasteiger partial charge in [-0.1, -0.05) is 0 Å². The fourth-order valence-corrected chi connectivity index (χ4v) is 3.87. The minimum Gasteiger partial charge on any atom is -0.369 e. The number of anilines is 1. The van der Waals surface area contributed by atoms with Gasteiger partial charge in [0.05, 0.1) is 23.4 Å². The first kappa shape index (κ1) is 17.8. The van der Waals surface area contributed by atoms with E-state index in [0.717, 1.165) is 12.8 Å². The van der Waals surface area contributed by atoms with E-state index in [4.69, 9.17) is 5.26 Å². The summed E-state index contributed by atoms with van der Waals surface area (Å²) in [6, 6.07) is 6.49. The summed E-state index contributed by atoms with van der Waals surface area (Å²) in [6.07, 6.45) is 3.35. The summed E-state index contributed by atoms with van der Waals surface area (Å²) >= 11 is 0. The third-order valence-electron chi connectivity index (χ3n) is 5.75. The summed E-state index contributed by atoms with van der Waals surface area (Å²) in [5.74, 6) is 0.0352. The van der Waals surface area contributed by atoms with Gasteiger partial charge >= 0.3 is 0 Å². The monoisotopic (exact) mass is 370 g/mol. The Hall–Kier alpha value is -2.62. The molecule has 1 N–H and O–H groups in total. The molecule has 6 nitrogen and oxygen atoms in total. The molecular weight excluding hydrogens is 347 g/mol. The van der Waals surface area contributed by atoms with Crippen LogP contribution in [0, 0.1) is 29.0 Å². The number of carbonyl (C=O) groups is 2. The molecule has 2 amide bonds. The first-order chi connectivity index (χ1) is 13.0. The lowest BCUT2D eigenvalue weighted by Crippen LogP contribution is -2.62. The van der Waals surface area contributed by atoms with E-state index < -0.39 is 5.82 Å². The molecule has 2 aliphatic heterocycles. The molecule has 0 spiro atoms. The van der Waals surface area contributed by atoms with E-state index >= 15 is 0 Å². The van der Waals surface area contributed by atoms with Crippen LogP contribution in [-0.4, -0.2) is 48.9 Å². The molecule has 3 fully saturated rings. The van der Waals surface area contributed by atoms with Gasteiger partial charge in [0.1, 0.15) is 5.82 Å². The van der Waals surface area contributed by atoms with Crippen molar-refractivity contribution in [2.75, 3.05) is 31.1 Å². The van der Waals surface area contributed by atoms with Crippen molar-refractivity contribution in [3.05, 3.63) is 29.6 Å². The molecule has 1 aliphatic carbocycles. The van der Waals surface area contributed by atoms with E-state index in [1.807, 2.05) is 15.9 Å². The van der Waals surface area contributed by atoms with Crippen molar-refractivity contribution in [2.24, 2.45) is 11.8 Å². The van der Waals surface area contributed by atoms with Gasteiger partial charge in [0.25, 0.3) is 0 Å². The van der Waals surface area contributed by atoms with E-state index in [1.54, 1.807) is 12.1 Å². The molecule has 0 unspecified atom stereocenters. The molecule has 1 aromatic carbocycles. The maximum Gasteiger partial charge on any atom is 0.225 e. The van der Waals surface area contributed by atoms with E-state index in [0.29, 0.717) is 50.3 Å². The Labute approximate surface area is 157 Å². The number of nitriles is 1. The quantitative estimate of drug-likeness (QED) is 0.874. The smallest absolute Gasteiger partial charge is 0.225 e. The summed E-state index contributed by atoms with van der Waals surface area (Å²) < 4.78 is 14.2. The standard InChI is InChI=1S/C20H23FN4O2/c21-17-9-13(10-22)1-4-18(17)24-7-5-14(6-8-24)19(26)23-16-11-25(12-16)20(27)15-2-3-15/h1,4,9,14-16H,2-3,5-8,11-12H2,(H,23,26). The largest absolute Gasteiger partial charge is 0.369 e. The Bertz CT molecular complexity index is 788. The van der Waals surface area contributed by atoms with Gasteiger partial charge in [-0.3, -0.25) is 9.59 Å². The van der Waals surface area contributed by atoms with E-state index in [1.165, 1.54) is 6.07 Å². The zero-order chi connectivity index (χ0) is 19.0. The van der Waals surface area contributed by atoms with E-state index in [9.17, 15) is 14.0 Å². The maximum atomic E-state index is 14.2. The molecule has 3 aliphatic rings. The van der Waals surface area contributed by atoms with Crippen molar-refractivity contribution in [3.8, 4) is 6.07 Å². The lowest BCUT2D eigenvalue weighted by Gasteiger charge is -2.41. The second-order valence-electron chi connectivity index (χ2n) is 7.76. The normalized spacial score (nSPS) is 20.7. The Balaban J connectivity index is 1.24. The third kappa shape index (κ3) is 3.75. The van der Waals surface area contributed by atoms with Crippen LogP contribution in [0.25, 0.3) is 0 Å². The maximum absolute atomic E-state index is 14.2. The number of hydrogen-bond donors (Lipinski definition) is 1. The highest BCUT2D eigenvalue weighted by atomic mass is 19.1. The fraction of sp³-hybridized carbons (Fsp3) is 0.550. The zero-order valence-electron chi connectivity index (χ0n) is 15.2. The molecule has 2 saturated heterocycles. The van der Waals surface area contributed by atoms with Gasteiger partial charge in [-0.2, -0.15) is 5.26 Å². The minimum atomic E-state index is -0.396. The van der Waals surface area contributed by atoms with Crippen LogP contribution in [0.1, 0.15) is 31.2 Å². The number of rotatable bonds is 4. The molecule has 1 aromatic rings. The molecule has 0 aromatic heterocycles. The number of nitrogens with one attached hydrogen (secondary N) is 1.